The monoisotopic (exact) mass is 262 g/mol. The third kappa shape index (κ3) is 3.50. The van der Waals surface area contributed by atoms with Gasteiger partial charge in [-0.3, -0.25) is 0 Å². The number of carboxylic acids is 1. The molecule has 4 nitrogen and oxygen atoms in total. The quantitative estimate of drug-likeness (QED) is 0.763. The van der Waals surface area contributed by atoms with Gasteiger partial charge in [0.1, 0.15) is 11.3 Å². The number of carboxylic acid groups (broad SMARTS) is 1. The van der Waals surface area contributed by atoms with Gasteiger partial charge in [-0.05, 0) is 30.7 Å². The summed E-state index contributed by atoms with van der Waals surface area (Å²) in [5, 5.41) is 9.61. The van der Waals surface area contributed by atoms with E-state index in [0.717, 1.165) is 17.6 Å². The van der Waals surface area contributed by atoms with E-state index < -0.39 is 5.97 Å². The van der Waals surface area contributed by atoms with Crippen molar-refractivity contribution in [1.82, 2.24) is 0 Å². The third-order valence-corrected chi connectivity index (χ3v) is 2.97. The summed E-state index contributed by atoms with van der Waals surface area (Å²) in [5.41, 5.74) is 0.565. The number of carbonyl (C=O) groups is 1. The fourth-order valence-electron chi connectivity index (χ4n) is 1.94. The fourth-order valence-corrected chi connectivity index (χ4v) is 1.94. The van der Waals surface area contributed by atoms with Gasteiger partial charge in [0, 0.05) is 5.39 Å². The lowest BCUT2D eigenvalue weighted by atomic mass is 10.2. The van der Waals surface area contributed by atoms with Crippen LogP contribution in [-0.2, 0) is 0 Å². The van der Waals surface area contributed by atoms with Gasteiger partial charge >= 0.3 is 5.97 Å². The van der Waals surface area contributed by atoms with Gasteiger partial charge in [0.2, 0.25) is 5.76 Å². The van der Waals surface area contributed by atoms with E-state index in [4.69, 9.17) is 14.3 Å². The first kappa shape index (κ1) is 13.5. The van der Waals surface area contributed by atoms with E-state index >= 15 is 0 Å². The van der Waals surface area contributed by atoms with Crippen molar-refractivity contribution in [2.45, 2.75) is 32.6 Å². The second-order valence-corrected chi connectivity index (χ2v) is 4.52. The smallest absolute Gasteiger partial charge is 0.371 e. The van der Waals surface area contributed by atoms with Gasteiger partial charge in [-0.15, -0.1) is 0 Å². The van der Waals surface area contributed by atoms with Gasteiger partial charge in [-0.2, -0.15) is 0 Å². The summed E-state index contributed by atoms with van der Waals surface area (Å²) in [6.07, 6.45) is 4.65. The molecule has 1 heterocycles. The maximum Gasteiger partial charge on any atom is 0.371 e. The minimum atomic E-state index is -1.06. The maximum absolute atomic E-state index is 10.8. The van der Waals surface area contributed by atoms with Crippen LogP contribution in [0.1, 0.15) is 43.2 Å². The Kier molecular flexibility index (Phi) is 4.44. The molecule has 0 spiro atoms. The van der Waals surface area contributed by atoms with Crippen LogP contribution in [0.15, 0.2) is 28.7 Å². The van der Waals surface area contributed by atoms with E-state index in [1.807, 2.05) is 6.07 Å². The van der Waals surface area contributed by atoms with E-state index in [1.165, 1.54) is 25.3 Å². The van der Waals surface area contributed by atoms with Crippen LogP contribution in [0.4, 0.5) is 0 Å². The van der Waals surface area contributed by atoms with Gasteiger partial charge in [-0.25, -0.2) is 4.79 Å². The van der Waals surface area contributed by atoms with Crippen molar-refractivity contribution in [1.29, 1.82) is 0 Å². The Morgan fingerprint density at radius 3 is 2.84 bits per heavy atom. The highest BCUT2D eigenvalue weighted by molar-refractivity contribution is 5.91. The normalized spacial score (nSPS) is 10.8. The molecule has 0 radical (unpaired) electrons. The SMILES string of the molecule is CCCCCCOc1ccc2oc(C(=O)O)cc2c1. The summed E-state index contributed by atoms with van der Waals surface area (Å²) in [7, 11) is 0. The molecule has 0 aliphatic rings. The number of fused-ring (bicyclic) bond motifs is 1. The topological polar surface area (TPSA) is 59.7 Å². The Morgan fingerprint density at radius 1 is 1.26 bits per heavy atom. The summed E-state index contributed by atoms with van der Waals surface area (Å²) in [5.74, 6) is -0.352. The number of hydrogen-bond acceptors (Lipinski definition) is 3. The van der Waals surface area contributed by atoms with Crippen LogP contribution >= 0.6 is 0 Å². The number of rotatable bonds is 7. The first-order valence-corrected chi connectivity index (χ1v) is 6.60. The summed E-state index contributed by atoms with van der Waals surface area (Å²) < 4.78 is 10.8. The minimum Gasteiger partial charge on any atom is -0.494 e. The van der Waals surface area contributed by atoms with E-state index in [1.54, 1.807) is 12.1 Å². The molecule has 0 fully saturated rings. The van der Waals surface area contributed by atoms with Gasteiger partial charge in [-0.1, -0.05) is 26.2 Å². The molecule has 4 heteroatoms. The number of furan rings is 1. The summed E-state index contributed by atoms with van der Waals surface area (Å²) in [6, 6.07) is 6.87. The van der Waals surface area contributed by atoms with Crippen LogP contribution in [0.3, 0.4) is 0 Å². The minimum absolute atomic E-state index is 0.0462. The number of hydrogen-bond donors (Lipinski definition) is 1. The first-order valence-electron chi connectivity index (χ1n) is 6.60. The lowest BCUT2D eigenvalue weighted by Gasteiger charge is -2.05. The van der Waals surface area contributed by atoms with Gasteiger partial charge in [0.05, 0.1) is 6.61 Å². The number of aromatic carboxylic acids is 1. The molecule has 0 atom stereocenters. The molecule has 1 aromatic carbocycles. The summed E-state index contributed by atoms with van der Waals surface area (Å²) >= 11 is 0. The maximum atomic E-state index is 10.8. The molecular weight excluding hydrogens is 244 g/mol. The number of benzene rings is 1. The predicted molar refractivity (Wildman–Crippen MR) is 72.8 cm³/mol. The average molecular weight is 262 g/mol. The van der Waals surface area contributed by atoms with E-state index in [2.05, 4.69) is 6.92 Å². The van der Waals surface area contributed by atoms with Gasteiger partial charge in [0.15, 0.2) is 0 Å². The molecular formula is C15H18O4. The summed E-state index contributed by atoms with van der Waals surface area (Å²) in [4.78, 5) is 10.8. The number of unbranched alkanes of at least 4 members (excludes halogenated alkanes) is 3. The Morgan fingerprint density at radius 2 is 2.11 bits per heavy atom. The van der Waals surface area contributed by atoms with E-state index in [0.29, 0.717) is 12.2 Å². The Labute approximate surface area is 112 Å². The Balaban J connectivity index is 1.98. The van der Waals surface area contributed by atoms with Gasteiger partial charge < -0.3 is 14.3 Å². The lowest BCUT2D eigenvalue weighted by molar-refractivity contribution is 0.0665. The fraction of sp³-hybridized carbons (Fsp3) is 0.400. The van der Waals surface area contributed by atoms with Crippen LogP contribution in [0.2, 0.25) is 0 Å². The van der Waals surface area contributed by atoms with Crippen molar-refractivity contribution < 1.29 is 19.1 Å². The van der Waals surface area contributed by atoms with E-state index in [-0.39, 0.29) is 5.76 Å². The molecule has 0 aliphatic carbocycles. The molecule has 19 heavy (non-hydrogen) atoms. The molecule has 2 aromatic rings. The zero-order valence-electron chi connectivity index (χ0n) is 11.0. The van der Waals surface area contributed by atoms with Crippen molar-refractivity contribution in [3.05, 3.63) is 30.0 Å². The highest BCUT2D eigenvalue weighted by Gasteiger charge is 2.10. The largest absolute Gasteiger partial charge is 0.494 e. The highest BCUT2D eigenvalue weighted by Crippen LogP contribution is 2.24. The van der Waals surface area contributed by atoms with Crippen molar-refractivity contribution in [2.75, 3.05) is 6.61 Å². The van der Waals surface area contributed by atoms with Crippen LogP contribution in [0, 0.1) is 0 Å². The third-order valence-electron chi connectivity index (χ3n) is 2.97. The van der Waals surface area contributed by atoms with Crippen molar-refractivity contribution in [3.63, 3.8) is 0 Å². The first-order chi connectivity index (χ1) is 9.20. The molecule has 0 unspecified atom stereocenters. The van der Waals surface area contributed by atoms with Crippen molar-refractivity contribution in [2.24, 2.45) is 0 Å². The molecule has 102 valence electrons. The van der Waals surface area contributed by atoms with Crippen LogP contribution in [-0.4, -0.2) is 17.7 Å². The second-order valence-electron chi connectivity index (χ2n) is 4.52. The predicted octanol–water partition coefficient (Wildman–Crippen LogP) is 4.09. The molecule has 1 N–H and O–H groups in total. The molecule has 2 rings (SSSR count). The molecule has 0 bridgehead atoms. The van der Waals surface area contributed by atoms with Crippen molar-refractivity contribution in [3.8, 4) is 5.75 Å². The van der Waals surface area contributed by atoms with Crippen LogP contribution in [0.5, 0.6) is 5.75 Å². The molecule has 0 aliphatic heterocycles. The Bertz CT molecular complexity index is 556. The molecule has 0 saturated carbocycles. The zero-order valence-corrected chi connectivity index (χ0v) is 11.0. The molecule has 0 amide bonds. The standard InChI is InChI=1S/C15H18O4/c1-2-3-4-5-8-18-12-6-7-13-11(9-12)10-14(19-13)15(16)17/h6-7,9-10H,2-5,8H2,1H3,(H,16,17). The van der Waals surface area contributed by atoms with Crippen LogP contribution in [0.25, 0.3) is 11.0 Å². The molecule has 1 aromatic heterocycles. The van der Waals surface area contributed by atoms with Gasteiger partial charge in [0.25, 0.3) is 0 Å². The average Bonchev–Trinajstić information content (AvgIpc) is 2.82. The Hall–Kier alpha value is -1.97. The van der Waals surface area contributed by atoms with E-state index in [9.17, 15) is 4.79 Å². The highest BCUT2D eigenvalue weighted by atomic mass is 16.5. The van der Waals surface area contributed by atoms with Crippen molar-refractivity contribution >= 4 is 16.9 Å². The second kappa shape index (κ2) is 6.27. The van der Waals surface area contributed by atoms with Crippen LogP contribution < -0.4 is 4.74 Å². The number of ether oxygens (including phenoxy) is 1. The molecule has 0 saturated heterocycles. The summed E-state index contributed by atoms with van der Waals surface area (Å²) in [6.45, 7) is 2.86. The lowest BCUT2D eigenvalue weighted by Crippen LogP contribution is -1.96. The zero-order chi connectivity index (χ0) is 13.7.